The Bertz CT molecular complexity index is 544. The second-order valence-corrected chi connectivity index (χ2v) is 6.02. The van der Waals surface area contributed by atoms with Gasteiger partial charge in [-0.3, -0.25) is 9.80 Å². The summed E-state index contributed by atoms with van der Waals surface area (Å²) >= 11 is 0. The van der Waals surface area contributed by atoms with Gasteiger partial charge < -0.3 is 9.30 Å². The molecule has 1 aliphatic carbocycles. The Morgan fingerprint density at radius 1 is 1.38 bits per heavy atom. The van der Waals surface area contributed by atoms with Gasteiger partial charge in [0.25, 0.3) is 0 Å². The van der Waals surface area contributed by atoms with Crippen molar-refractivity contribution in [2.75, 3.05) is 13.2 Å². The number of aromatic nitrogens is 2. The van der Waals surface area contributed by atoms with Gasteiger partial charge in [0.15, 0.2) is 5.76 Å². The molecule has 0 bridgehead atoms. The smallest absolute Gasteiger partial charge is 0.303 e. The number of carbonyl (C=O) groups excluding carboxylic acids is 1. The van der Waals surface area contributed by atoms with Crippen LogP contribution in [0.1, 0.15) is 44.3 Å². The molecule has 2 heterocycles. The van der Waals surface area contributed by atoms with Crippen LogP contribution in [-0.4, -0.2) is 33.6 Å². The van der Waals surface area contributed by atoms with E-state index in [1.54, 1.807) is 6.08 Å². The largest absolute Gasteiger partial charge is 0.486 e. The van der Waals surface area contributed by atoms with Gasteiger partial charge in [-0.2, -0.15) is 0 Å². The fraction of sp³-hybridized carbons (Fsp3) is 0.600. The van der Waals surface area contributed by atoms with Crippen LogP contribution in [-0.2, 0) is 9.53 Å². The van der Waals surface area contributed by atoms with Gasteiger partial charge in [-0.25, -0.2) is 10.8 Å². The molecule has 6 heteroatoms. The summed E-state index contributed by atoms with van der Waals surface area (Å²) in [4.78, 5) is 16.2. The van der Waals surface area contributed by atoms with Gasteiger partial charge in [-0.15, -0.1) is 0 Å². The lowest BCUT2D eigenvalue weighted by molar-refractivity contribution is -0.135. The van der Waals surface area contributed by atoms with Gasteiger partial charge >= 0.3 is 5.91 Å². The topological polar surface area (TPSA) is 73.4 Å². The highest BCUT2D eigenvalue weighted by atomic mass is 16.5. The van der Waals surface area contributed by atoms with Gasteiger partial charge in [-0.05, 0) is 31.6 Å². The summed E-state index contributed by atoms with van der Waals surface area (Å²) in [7, 11) is 0. The third-order valence-corrected chi connectivity index (χ3v) is 4.37. The number of rotatable bonds is 2. The third-order valence-electron chi connectivity index (χ3n) is 4.37. The number of ether oxygens (including phenoxy) is 1. The number of hydrogen-bond donors (Lipinski definition) is 1. The van der Waals surface area contributed by atoms with Crippen LogP contribution in [0.15, 0.2) is 18.3 Å². The summed E-state index contributed by atoms with van der Waals surface area (Å²) in [5, 5.41) is 1.18. The van der Waals surface area contributed by atoms with E-state index in [4.69, 9.17) is 10.6 Å². The molecule has 1 aromatic heterocycles. The molecule has 1 amide bonds. The Balaban J connectivity index is 1.71. The van der Waals surface area contributed by atoms with Crippen LogP contribution in [0.5, 0.6) is 0 Å². The van der Waals surface area contributed by atoms with Crippen molar-refractivity contribution in [1.29, 1.82) is 0 Å². The SMILES string of the molecule is CC1CCC(n2cnc(/C=C3\OCCN(N)C3=O)c2)CC1. The maximum absolute atomic E-state index is 11.8. The van der Waals surface area contributed by atoms with E-state index in [1.165, 1.54) is 30.7 Å². The molecule has 0 aromatic carbocycles. The van der Waals surface area contributed by atoms with Crippen LogP contribution in [0.2, 0.25) is 0 Å². The third kappa shape index (κ3) is 3.10. The summed E-state index contributed by atoms with van der Waals surface area (Å²) in [5.74, 6) is 6.40. The zero-order valence-electron chi connectivity index (χ0n) is 12.4. The Morgan fingerprint density at radius 3 is 2.90 bits per heavy atom. The first-order valence-corrected chi connectivity index (χ1v) is 7.58. The summed E-state index contributed by atoms with van der Waals surface area (Å²) in [6.07, 6.45) is 10.4. The summed E-state index contributed by atoms with van der Waals surface area (Å²) < 4.78 is 7.53. The fourth-order valence-corrected chi connectivity index (χ4v) is 2.96. The molecule has 114 valence electrons. The van der Waals surface area contributed by atoms with Crippen molar-refractivity contribution < 1.29 is 9.53 Å². The molecule has 2 aliphatic rings. The van der Waals surface area contributed by atoms with E-state index >= 15 is 0 Å². The lowest BCUT2D eigenvalue weighted by Gasteiger charge is -2.26. The van der Waals surface area contributed by atoms with Gasteiger partial charge in [0, 0.05) is 18.3 Å². The van der Waals surface area contributed by atoms with Crippen molar-refractivity contribution in [2.24, 2.45) is 11.8 Å². The van der Waals surface area contributed by atoms with Crippen LogP contribution < -0.4 is 5.84 Å². The Kier molecular flexibility index (Phi) is 3.96. The molecular weight excluding hydrogens is 268 g/mol. The minimum absolute atomic E-state index is 0.270. The highest BCUT2D eigenvalue weighted by Crippen LogP contribution is 2.31. The zero-order chi connectivity index (χ0) is 14.8. The van der Waals surface area contributed by atoms with E-state index in [1.807, 2.05) is 12.5 Å². The molecule has 21 heavy (non-hydrogen) atoms. The minimum atomic E-state index is -0.290. The number of hydrazine groups is 1. The highest BCUT2D eigenvalue weighted by molar-refractivity contribution is 5.95. The van der Waals surface area contributed by atoms with Crippen LogP contribution in [0, 0.1) is 5.92 Å². The maximum atomic E-state index is 11.8. The zero-order valence-corrected chi connectivity index (χ0v) is 12.4. The number of imidazole rings is 1. The monoisotopic (exact) mass is 290 g/mol. The van der Waals surface area contributed by atoms with Crippen molar-refractivity contribution in [2.45, 2.75) is 38.6 Å². The molecule has 3 rings (SSSR count). The van der Waals surface area contributed by atoms with Crippen LogP contribution in [0.4, 0.5) is 0 Å². The van der Waals surface area contributed by atoms with Gasteiger partial charge in [0.1, 0.15) is 6.61 Å². The second kappa shape index (κ2) is 5.89. The number of carbonyl (C=O) groups is 1. The first-order chi connectivity index (χ1) is 10.1. The Morgan fingerprint density at radius 2 is 2.14 bits per heavy atom. The predicted molar refractivity (Wildman–Crippen MR) is 78.7 cm³/mol. The van der Waals surface area contributed by atoms with Crippen molar-refractivity contribution in [3.8, 4) is 0 Å². The Hall–Kier alpha value is -1.82. The second-order valence-electron chi connectivity index (χ2n) is 6.02. The van der Waals surface area contributed by atoms with E-state index in [-0.39, 0.29) is 11.7 Å². The average molecular weight is 290 g/mol. The van der Waals surface area contributed by atoms with E-state index in [0.717, 1.165) is 11.6 Å². The van der Waals surface area contributed by atoms with Gasteiger partial charge in [0.2, 0.25) is 0 Å². The highest BCUT2D eigenvalue weighted by Gasteiger charge is 2.23. The summed E-state index contributed by atoms with van der Waals surface area (Å²) in [6, 6.07) is 0.523. The normalized spacial score (nSPS) is 28.8. The standard InChI is InChI=1S/C15H22N4O2/c1-11-2-4-13(5-3-11)18-9-12(17-10-18)8-14-15(20)19(16)6-7-21-14/h8-11,13H,2-7,16H2,1H3/b14-8-. The molecule has 0 atom stereocenters. The first kappa shape index (κ1) is 14.1. The molecule has 0 unspecified atom stereocenters. The molecule has 1 saturated carbocycles. The number of morpholine rings is 1. The number of nitrogens with two attached hydrogens (primary N) is 1. The molecule has 0 radical (unpaired) electrons. The molecule has 2 N–H and O–H groups in total. The fourth-order valence-electron chi connectivity index (χ4n) is 2.96. The van der Waals surface area contributed by atoms with E-state index in [9.17, 15) is 4.79 Å². The predicted octanol–water partition coefficient (Wildman–Crippen LogP) is 1.71. The molecule has 1 aromatic rings. The molecule has 1 saturated heterocycles. The molecule has 1 aliphatic heterocycles. The lowest BCUT2D eigenvalue weighted by Crippen LogP contribution is -2.44. The van der Waals surface area contributed by atoms with Gasteiger partial charge in [0.05, 0.1) is 18.6 Å². The van der Waals surface area contributed by atoms with Crippen molar-refractivity contribution in [3.63, 3.8) is 0 Å². The van der Waals surface area contributed by atoms with Crippen molar-refractivity contribution in [1.82, 2.24) is 14.6 Å². The van der Waals surface area contributed by atoms with Crippen molar-refractivity contribution in [3.05, 3.63) is 24.0 Å². The Labute approximate surface area is 124 Å². The number of hydrogen-bond acceptors (Lipinski definition) is 4. The summed E-state index contributed by atoms with van der Waals surface area (Å²) in [6.45, 7) is 3.16. The van der Waals surface area contributed by atoms with E-state index in [2.05, 4.69) is 16.5 Å². The van der Waals surface area contributed by atoms with E-state index in [0.29, 0.717) is 19.2 Å². The molecular formula is C15H22N4O2. The summed E-state index contributed by atoms with van der Waals surface area (Å²) in [5.41, 5.74) is 0.743. The lowest BCUT2D eigenvalue weighted by atomic mass is 9.87. The minimum Gasteiger partial charge on any atom is -0.486 e. The maximum Gasteiger partial charge on any atom is 0.303 e. The molecule has 0 spiro atoms. The first-order valence-electron chi connectivity index (χ1n) is 7.58. The number of amides is 1. The van der Waals surface area contributed by atoms with Crippen LogP contribution in [0.25, 0.3) is 6.08 Å². The van der Waals surface area contributed by atoms with Crippen LogP contribution >= 0.6 is 0 Å². The van der Waals surface area contributed by atoms with Crippen LogP contribution in [0.3, 0.4) is 0 Å². The number of nitrogens with zero attached hydrogens (tertiary/aromatic N) is 3. The van der Waals surface area contributed by atoms with E-state index < -0.39 is 0 Å². The van der Waals surface area contributed by atoms with Crippen molar-refractivity contribution >= 4 is 12.0 Å². The molecule has 2 fully saturated rings. The molecule has 6 nitrogen and oxygen atoms in total. The average Bonchev–Trinajstić information content (AvgIpc) is 2.93. The quantitative estimate of drug-likeness (QED) is 0.511. The van der Waals surface area contributed by atoms with Gasteiger partial charge in [-0.1, -0.05) is 6.92 Å².